The summed E-state index contributed by atoms with van der Waals surface area (Å²) < 4.78 is 11.0. The van der Waals surface area contributed by atoms with Crippen molar-refractivity contribution in [3.63, 3.8) is 0 Å². The minimum absolute atomic E-state index is 0.286. The van der Waals surface area contributed by atoms with E-state index in [1.807, 2.05) is 56.3 Å². The lowest BCUT2D eigenvalue weighted by Gasteiger charge is -2.06. The Kier molecular flexibility index (Phi) is 3.84. The summed E-state index contributed by atoms with van der Waals surface area (Å²) in [5.74, 6) is 0.779. The fourth-order valence-corrected chi connectivity index (χ4v) is 3.04. The third kappa shape index (κ3) is 2.77. The zero-order valence-electron chi connectivity index (χ0n) is 14.8. The lowest BCUT2D eigenvalue weighted by molar-refractivity contribution is 0.0998. The smallest absolute Gasteiger partial charge is 0.291 e. The molecule has 0 saturated carbocycles. The van der Waals surface area contributed by atoms with Crippen molar-refractivity contribution in [1.29, 1.82) is 0 Å². The molecule has 2 aromatic carbocycles. The average Bonchev–Trinajstić information content (AvgIpc) is 2.97. The summed E-state index contributed by atoms with van der Waals surface area (Å²) in [6.07, 6.45) is 1.63. The number of fused-ring (bicyclic) bond motifs is 2. The number of carbonyl (C=O) groups is 1. The molecule has 26 heavy (non-hydrogen) atoms. The van der Waals surface area contributed by atoms with Crippen LogP contribution in [0.4, 0.5) is 5.69 Å². The molecule has 0 fully saturated rings. The van der Waals surface area contributed by atoms with Crippen LogP contribution in [0, 0.1) is 13.8 Å². The van der Waals surface area contributed by atoms with E-state index in [1.54, 1.807) is 13.3 Å². The number of furan rings is 1. The number of pyridine rings is 1. The maximum atomic E-state index is 12.7. The summed E-state index contributed by atoms with van der Waals surface area (Å²) in [5.41, 5.74) is 4.09. The van der Waals surface area contributed by atoms with Crippen molar-refractivity contribution in [2.75, 3.05) is 12.4 Å². The van der Waals surface area contributed by atoms with Crippen molar-refractivity contribution in [2.45, 2.75) is 13.8 Å². The number of hydrogen-bond donors (Lipinski definition) is 1. The van der Waals surface area contributed by atoms with Crippen LogP contribution in [0.3, 0.4) is 0 Å². The highest BCUT2D eigenvalue weighted by atomic mass is 16.5. The largest absolute Gasteiger partial charge is 0.497 e. The summed E-state index contributed by atoms with van der Waals surface area (Å²) >= 11 is 0. The number of nitrogens with one attached hydrogen (secondary N) is 1. The lowest BCUT2D eigenvalue weighted by Crippen LogP contribution is -2.12. The second-order valence-corrected chi connectivity index (χ2v) is 6.29. The van der Waals surface area contributed by atoms with Crippen molar-refractivity contribution in [2.24, 2.45) is 0 Å². The Morgan fingerprint density at radius 3 is 2.77 bits per heavy atom. The van der Waals surface area contributed by atoms with Gasteiger partial charge in [-0.2, -0.15) is 0 Å². The fourth-order valence-electron chi connectivity index (χ4n) is 3.04. The van der Waals surface area contributed by atoms with Crippen LogP contribution >= 0.6 is 0 Å². The Hall–Kier alpha value is -3.34. The second kappa shape index (κ2) is 6.19. The van der Waals surface area contributed by atoms with Gasteiger partial charge in [0.1, 0.15) is 11.3 Å². The van der Waals surface area contributed by atoms with Gasteiger partial charge >= 0.3 is 0 Å². The molecule has 1 N–H and O–H groups in total. The molecule has 4 aromatic rings. The first-order valence-corrected chi connectivity index (χ1v) is 8.30. The van der Waals surface area contributed by atoms with Gasteiger partial charge in [-0.15, -0.1) is 0 Å². The van der Waals surface area contributed by atoms with Crippen LogP contribution in [-0.4, -0.2) is 18.0 Å². The number of rotatable bonds is 3. The molecule has 0 radical (unpaired) electrons. The monoisotopic (exact) mass is 346 g/mol. The van der Waals surface area contributed by atoms with E-state index in [1.165, 1.54) is 0 Å². The second-order valence-electron chi connectivity index (χ2n) is 6.29. The van der Waals surface area contributed by atoms with Crippen molar-refractivity contribution >= 4 is 33.5 Å². The van der Waals surface area contributed by atoms with Crippen molar-refractivity contribution in [1.82, 2.24) is 4.98 Å². The fraction of sp³-hybridized carbons (Fsp3) is 0.143. The van der Waals surface area contributed by atoms with Gasteiger partial charge in [0.25, 0.3) is 5.91 Å². The van der Waals surface area contributed by atoms with Gasteiger partial charge in [0.05, 0.1) is 24.5 Å². The normalized spacial score (nSPS) is 11.0. The predicted octanol–water partition coefficient (Wildman–Crippen LogP) is 4.86. The Bertz CT molecular complexity index is 1140. The molecule has 0 bridgehead atoms. The summed E-state index contributed by atoms with van der Waals surface area (Å²) in [6.45, 7) is 3.91. The first kappa shape index (κ1) is 16.1. The highest BCUT2D eigenvalue weighted by Crippen LogP contribution is 2.27. The van der Waals surface area contributed by atoms with Crippen LogP contribution in [0.5, 0.6) is 5.75 Å². The third-order valence-electron chi connectivity index (χ3n) is 4.45. The molecule has 5 nitrogen and oxygen atoms in total. The molecule has 0 unspecified atom stereocenters. The van der Waals surface area contributed by atoms with E-state index in [4.69, 9.17) is 9.15 Å². The maximum Gasteiger partial charge on any atom is 0.291 e. The van der Waals surface area contributed by atoms with Gasteiger partial charge in [0, 0.05) is 22.4 Å². The average molecular weight is 346 g/mol. The Labute approximate surface area is 150 Å². The first-order chi connectivity index (χ1) is 12.5. The molecule has 0 atom stereocenters. The summed E-state index contributed by atoms with van der Waals surface area (Å²) in [4.78, 5) is 17.1. The van der Waals surface area contributed by atoms with Gasteiger partial charge in [0.2, 0.25) is 0 Å². The molecule has 5 heteroatoms. The van der Waals surface area contributed by atoms with Gasteiger partial charge < -0.3 is 14.5 Å². The van der Waals surface area contributed by atoms with Gasteiger partial charge in [-0.1, -0.05) is 11.6 Å². The quantitative estimate of drug-likeness (QED) is 0.575. The van der Waals surface area contributed by atoms with E-state index < -0.39 is 0 Å². The number of benzene rings is 2. The highest BCUT2D eigenvalue weighted by Gasteiger charge is 2.18. The van der Waals surface area contributed by atoms with Gasteiger partial charge in [0.15, 0.2) is 5.76 Å². The number of nitrogens with zero attached hydrogens (tertiary/aromatic N) is 1. The molecule has 0 aliphatic heterocycles. The summed E-state index contributed by atoms with van der Waals surface area (Å²) in [6, 6.07) is 13.4. The molecule has 0 saturated heterocycles. The van der Waals surface area contributed by atoms with Crippen LogP contribution in [0.15, 0.2) is 53.1 Å². The minimum atomic E-state index is -0.286. The minimum Gasteiger partial charge on any atom is -0.497 e. The van der Waals surface area contributed by atoms with Crippen LogP contribution in [0.25, 0.3) is 21.9 Å². The van der Waals surface area contributed by atoms with Crippen LogP contribution in [0.2, 0.25) is 0 Å². The van der Waals surface area contributed by atoms with Crippen molar-refractivity contribution in [3.8, 4) is 5.75 Å². The zero-order chi connectivity index (χ0) is 18.3. The van der Waals surface area contributed by atoms with Gasteiger partial charge in [-0.25, -0.2) is 0 Å². The molecule has 4 rings (SSSR count). The molecule has 0 aliphatic rings. The Morgan fingerprint density at radius 2 is 1.96 bits per heavy atom. The molecule has 2 aromatic heterocycles. The highest BCUT2D eigenvalue weighted by molar-refractivity contribution is 6.07. The van der Waals surface area contributed by atoms with E-state index in [-0.39, 0.29) is 5.91 Å². The number of carbonyl (C=O) groups excluding carboxylic acids is 1. The lowest BCUT2D eigenvalue weighted by atomic mass is 10.1. The number of anilines is 1. The van der Waals surface area contributed by atoms with Crippen molar-refractivity contribution < 1.29 is 13.9 Å². The number of hydrogen-bond acceptors (Lipinski definition) is 4. The maximum absolute atomic E-state index is 12.7. The first-order valence-electron chi connectivity index (χ1n) is 8.30. The van der Waals surface area contributed by atoms with E-state index in [2.05, 4.69) is 10.3 Å². The summed E-state index contributed by atoms with van der Waals surface area (Å²) in [5, 5.41) is 4.74. The summed E-state index contributed by atoms with van der Waals surface area (Å²) in [7, 11) is 1.62. The van der Waals surface area contributed by atoms with Gasteiger partial charge in [-0.3, -0.25) is 9.78 Å². The van der Waals surface area contributed by atoms with E-state index in [0.29, 0.717) is 17.0 Å². The Balaban J connectivity index is 1.65. The van der Waals surface area contributed by atoms with E-state index in [9.17, 15) is 4.79 Å². The van der Waals surface area contributed by atoms with E-state index >= 15 is 0 Å². The van der Waals surface area contributed by atoms with Crippen LogP contribution in [-0.2, 0) is 0 Å². The van der Waals surface area contributed by atoms with Crippen LogP contribution < -0.4 is 10.1 Å². The predicted molar refractivity (Wildman–Crippen MR) is 102 cm³/mol. The standard InChI is InChI=1S/C21H18N2O3/c1-12-4-7-19-17(8-12)13(2)20(26-19)21(24)23-15-9-14-5-6-16(25-3)10-18(14)22-11-15/h4-11H,1-3H3,(H,23,24). The van der Waals surface area contributed by atoms with Gasteiger partial charge in [-0.05, 0) is 44.2 Å². The van der Waals surface area contributed by atoms with E-state index in [0.717, 1.165) is 33.2 Å². The number of ether oxygens (including phenoxy) is 1. The number of amides is 1. The number of aryl methyl sites for hydroxylation is 2. The Morgan fingerprint density at radius 1 is 1.12 bits per heavy atom. The topological polar surface area (TPSA) is 64.4 Å². The molecular weight excluding hydrogens is 328 g/mol. The van der Waals surface area contributed by atoms with Crippen LogP contribution in [0.1, 0.15) is 21.7 Å². The number of aromatic nitrogens is 1. The molecular formula is C21H18N2O3. The molecule has 130 valence electrons. The molecule has 1 amide bonds. The molecule has 0 aliphatic carbocycles. The molecule has 0 spiro atoms. The van der Waals surface area contributed by atoms with Crippen molar-refractivity contribution in [3.05, 3.63) is 65.5 Å². The number of methoxy groups -OCH3 is 1. The SMILES string of the molecule is COc1ccc2cc(NC(=O)c3oc4ccc(C)cc4c3C)cnc2c1. The zero-order valence-corrected chi connectivity index (χ0v) is 14.8. The molecule has 2 heterocycles. The third-order valence-corrected chi connectivity index (χ3v) is 4.45.